The third-order valence-corrected chi connectivity index (χ3v) is 6.65. The van der Waals surface area contributed by atoms with Crippen molar-refractivity contribution in [1.82, 2.24) is 9.55 Å². The molecule has 164 valence electrons. The van der Waals surface area contributed by atoms with E-state index >= 15 is 0 Å². The molecule has 0 radical (unpaired) electrons. The molecule has 0 saturated heterocycles. The predicted molar refractivity (Wildman–Crippen MR) is 118 cm³/mol. The summed E-state index contributed by atoms with van der Waals surface area (Å²) < 4.78 is 26.1. The second kappa shape index (κ2) is 8.31. The molecule has 0 bridgehead atoms. The quantitative estimate of drug-likeness (QED) is 0.481. The van der Waals surface area contributed by atoms with E-state index in [1.54, 1.807) is 29.8 Å². The molecule has 2 aliphatic heterocycles. The van der Waals surface area contributed by atoms with E-state index in [-0.39, 0.29) is 23.7 Å². The van der Waals surface area contributed by atoms with Crippen molar-refractivity contribution in [2.45, 2.75) is 23.2 Å². The molecule has 3 heterocycles. The minimum absolute atomic E-state index is 0.144. The molecule has 1 aromatic heterocycles. The van der Waals surface area contributed by atoms with Gasteiger partial charge in [-0.1, -0.05) is 30.0 Å². The van der Waals surface area contributed by atoms with Gasteiger partial charge in [-0.05, 0) is 35.4 Å². The fourth-order valence-electron chi connectivity index (χ4n) is 3.95. The Morgan fingerprint density at radius 2 is 1.88 bits per heavy atom. The van der Waals surface area contributed by atoms with E-state index in [4.69, 9.17) is 9.47 Å². The maximum atomic E-state index is 13.1. The van der Waals surface area contributed by atoms with Crippen LogP contribution in [-0.4, -0.2) is 28.7 Å². The lowest BCUT2D eigenvalue weighted by Gasteiger charge is -2.28. The molecule has 9 heteroatoms. The van der Waals surface area contributed by atoms with Gasteiger partial charge in [-0.2, -0.15) is 4.98 Å². The second-order valence-electron chi connectivity index (χ2n) is 7.64. The van der Waals surface area contributed by atoms with Gasteiger partial charge in [0.2, 0.25) is 5.91 Å². The Bertz CT molecular complexity index is 1260. The van der Waals surface area contributed by atoms with Gasteiger partial charge in [0.05, 0.1) is 5.56 Å². The monoisotopic (exact) mass is 453 g/mol. The molecule has 0 saturated carbocycles. The number of hydrogen-bond donors (Lipinski definition) is 1. The van der Waals surface area contributed by atoms with Gasteiger partial charge in [-0.3, -0.25) is 9.59 Å². The Labute approximate surface area is 187 Å². The lowest BCUT2D eigenvalue weighted by Crippen LogP contribution is -2.33. The highest BCUT2D eigenvalue weighted by atomic mass is 32.2. The predicted octanol–water partition coefficient (Wildman–Crippen LogP) is 3.46. The van der Waals surface area contributed by atoms with Crippen LogP contribution >= 0.6 is 11.8 Å². The van der Waals surface area contributed by atoms with Crippen molar-refractivity contribution in [3.8, 4) is 11.5 Å². The van der Waals surface area contributed by atoms with Gasteiger partial charge >= 0.3 is 0 Å². The fraction of sp³-hybridized carbons (Fsp3) is 0.261. The van der Waals surface area contributed by atoms with Crippen LogP contribution in [0.4, 0.5) is 10.2 Å². The minimum Gasteiger partial charge on any atom is -0.486 e. The van der Waals surface area contributed by atoms with Crippen molar-refractivity contribution in [3.63, 3.8) is 0 Å². The first-order chi connectivity index (χ1) is 15.5. The van der Waals surface area contributed by atoms with E-state index in [1.807, 2.05) is 12.1 Å². The van der Waals surface area contributed by atoms with Crippen LogP contribution in [0.5, 0.6) is 11.5 Å². The number of benzene rings is 2. The van der Waals surface area contributed by atoms with Crippen LogP contribution in [-0.2, 0) is 17.6 Å². The Hall–Kier alpha value is -3.33. The molecular weight excluding hydrogens is 433 g/mol. The molecule has 1 N–H and O–H groups in total. The fourth-order valence-corrected chi connectivity index (χ4v) is 4.87. The Morgan fingerprint density at radius 1 is 1.12 bits per heavy atom. The highest BCUT2D eigenvalue weighted by molar-refractivity contribution is 7.98. The SMILES string of the molecule is Cn1c(SCc2ccc(F)cc2)nc(=O)c2c1NC(=O)C[C@@H]2c1ccc2c(c1)OCCO2. The number of fused-ring (bicyclic) bond motifs is 2. The minimum atomic E-state index is -0.433. The van der Waals surface area contributed by atoms with Gasteiger partial charge in [0, 0.05) is 25.1 Å². The average Bonchev–Trinajstić information content (AvgIpc) is 2.80. The molecule has 3 aromatic rings. The molecule has 0 unspecified atom stereocenters. The van der Waals surface area contributed by atoms with Crippen molar-refractivity contribution in [2.75, 3.05) is 18.5 Å². The number of carbonyl (C=O) groups is 1. The summed E-state index contributed by atoms with van der Waals surface area (Å²) in [5.74, 6) is 1.31. The zero-order chi connectivity index (χ0) is 22.2. The summed E-state index contributed by atoms with van der Waals surface area (Å²) in [6.45, 7) is 0.944. The lowest BCUT2D eigenvalue weighted by molar-refractivity contribution is -0.116. The first kappa shape index (κ1) is 20.6. The summed E-state index contributed by atoms with van der Waals surface area (Å²) in [6, 6.07) is 11.7. The molecule has 0 spiro atoms. The average molecular weight is 453 g/mol. The Morgan fingerprint density at radius 3 is 2.66 bits per heavy atom. The number of halogens is 1. The summed E-state index contributed by atoms with van der Waals surface area (Å²) in [5, 5.41) is 3.32. The van der Waals surface area contributed by atoms with Crippen LogP contribution in [0.3, 0.4) is 0 Å². The normalized spacial score (nSPS) is 16.9. The lowest BCUT2D eigenvalue weighted by atomic mass is 9.86. The highest BCUT2D eigenvalue weighted by Crippen LogP contribution is 2.40. The van der Waals surface area contributed by atoms with Crippen molar-refractivity contribution in [2.24, 2.45) is 7.05 Å². The number of hydrogen-bond acceptors (Lipinski definition) is 6. The number of aromatic nitrogens is 2. The van der Waals surface area contributed by atoms with Crippen LogP contribution < -0.4 is 20.3 Å². The molecule has 2 aromatic carbocycles. The van der Waals surface area contributed by atoms with E-state index in [9.17, 15) is 14.0 Å². The second-order valence-corrected chi connectivity index (χ2v) is 8.59. The standard InChI is InChI=1S/C23H20FN3O4S/c1-27-21-20(22(29)26-23(27)32-12-13-2-5-15(24)6-3-13)16(11-19(28)25-21)14-4-7-17-18(10-14)31-9-8-30-17/h2-7,10,16H,8-9,11-12H2,1H3,(H,25,28)/t16-/m1/s1. The number of thioether (sulfide) groups is 1. The van der Waals surface area contributed by atoms with Crippen LogP contribution in [0, 0.1) is 5.82 Å². The number of carbonyl (C=O) groups excluding carboxylic acids is 1. The van der Waals surface area contributed by atoms with Gasteiger partial charge in [0.25, 0.3) is 5.56 Å². The topological polar surface area (TPSA) is 82.5 Å². The first-order valence-electron chi connectivity index (χ1n) is 10.2. The van der Waals surface area contributed by atoms with Gasteiger partial charge in [-0.25, -0.2) is 4.39 Å². The van der Waals surface area contributed by atoms with Gasteiger partial charge < -0.3 is 19.4 Å². The third-order valence-electron chi connectivity index (χ3n) is 5.55. The number of nitrogens with zero attached hydrogens (tertiary/aromatic N) is 2. The van der Waals surface area contributed by atoms with Crippen molar-refractivity contribution >= 4 is 23.5 Å². The van der Waals surface area contributed by atoms with E-state index in [2.05, 4.69) is 10.3 Å². The maximum Gasteiger partial charge on any atom is 0.279 e. The Balaban J connectivity index is 1.50. The summed E-state index contributed by atoms with van der Waals surface area (Å²) in [5.41, 5.74) is 1.78. The van der Waals surface area contributed by atoms with Crippen LogP contribution in [0.15, 0.2) is 52.4 Å². The first-order valence-corrected chi connectivity index (χ1v) is 11.2. The molecular formula is C23H20FN3O4S. The molecule has 0 aliphatic carbocycles. The number of rotatable bonds is 4. The van der Waals surface area contributed by atoms with E-state index in [1.165, 1.54) is 23.9 Å². The van der Waals surface area contributed by atoms with Gasteiger partial charge in [0.1, 0.15) is 24.8 Å². The summed E-state index contributed by atoms with van der Waals surface area (Å²) >= 11 is 1.35. The van der Waals surface area contributed by atoms with Crippen LogP contribution in [0.2, 0.25) is 0 Å². The van der Waals surface area contributed by atoms with Crippen LogP contribution in [0.1, 0.15) is 29.0 Å². The van der Waals surface area contributed by atoms with Crippen molar-refractivity contribution < 1.29 is 18.7 Å². The molecule has 2 aliphatic rings. The number of anilines is 1. The third kappa shape index (κ3) is 3.84. The highest BCUT2D eigenvalue weighted by Gasteiger charge is 2.32. The van der Waals surface area contributed by atoms with E-state index in [0.29, 0.717) is 47.0 Å². The maximum absolute atomic E-state index is 13.1. The molecule has 32 heavy (non-hydrogen) atoms. The van der Waals surface area contributed by atoms with E-state index < -0.39 is 5.92 Å². The van der Waals surface area contributed by atoms with Gasteiger partial charge in [-0.15, -0.1) is 0 Å². The van der Waals surface area contributed by atoms with Crippen LogP contribution in [0.25, 0.3) is 0 Å². The largest absolute Gasteiger partial charge is 0.486 e. The molecule has 7 nitrogen and oxygen atoms in total. The smallest absolute Gasteiger partial charge is 0.279 e. The van der Waals surface area contributed by atoms with E-state index in [0.717, 1.165) is 11.1 Å². The van der Waals surface area contributed by atoms with Crippen molar-refractivity contribution in [3.05, 3.63) is 75.3 Å². The zero-order valence-corrected chi connectivity index (χ0v) is 18.1. The molecule has 1 atom stereocenters. The summed E-state index contributed by atoms with van der Waals surface area (Å²) in [4.78, 5) is 29.9. The zero-order valence-electron chi connectivity index (χ0n) is 17.3. The number of ether oxygens (including phenoxy) is 2. The summed E-state index contributed by atoms with van der Waals surface area (Å²) in [7, 11) is 1.77. The number of amides is 1. The van der Waals surface area contributed by atoms with Gasteiger partial charge in [0.15, 0.2) is 16.7 Å². The Kier molecular flexibility index (Phi) is 5.34. The molecule has 5 rings (SSSR count). The molecule has 0 fully saturated rings. The van der Waals surface area contributed by atoms with Crippen molar-refractivity contribution in [1.29, 1.82) is 0 Å². The summed E-state index contributed by atoms with van der Waals surface area (Å²) in [6.07, 6.45) is 0.144. The molecule has 1 amide bonds. The number of nitrogens with one attached hydrogen (secondary N) is 1.